The van der Waals surface area contributed by atoms with Crippen LogP contribution in [0.1, 0.15) is 16.1 Å². The van der Waals surface area contributed by atoms with Crippen molar-refractivity contribution >= 4 is 35.0 Å². The molecule has 166 valence electrons. The van der Waals surface area contributed by atoms with E-state index in [1.54, 1.807) is 36.5 Å². The molecule has 3 aromatic heterocycles. The zero-order chi connectivity index (χ0) is 22.6. The molecule has 0 bridgehead atoms. The van der Waals surface area contributed by atoms with E-state index in [1.807, 2.05) is 35.0 Å². The predicted octanol–water partition coefficient (Wildman–Crippen LogP) is 3.55. The molecule has 0 unspecified atom stereocenters. The van der Waals surface area contributed by atoms with Crippen LogP contribution >= 0.6 is 11.8 Å². The molecule has 1 aliphatic rings. The molecule has 1 aliphatic heterocycles. The van der Waals surface area contributed by atoms with Gasteiger partial charge >= 0.3 is 5.97 Å². The number of pyridine rings is 2. The van der Waals surface area contributed by atoms with Crippen LogP contribution in [0.4, 0.5) is 5.69 Å². The quantitative estimate of drug-likeness (QED) is 0.329. The highest BCUT2D eigenvalue weighted by atomic mass is 32.2. The average molecular weight is 462 g/mol. The van der Waals surface area contributed by atoms with E-state index in [9.17, 15) is 9.59 Å². The van der Waals surface area contributed by atoms with Gasteiger partial charge in [0.1, 0.15) is 17.3 Å². The van der Waals surface area contributed by atoms with E-state index < -0.39 is 5.97 Å². The number of benzene rings is 1. The van der Waals surface area contributed by atoms with Crippen molar-refractivity contribution in [3.05, 3.63) is 78.4 Å². The van der Waals surface area contributed by atoms with Gasteiger partial charge in [-0.25, -0.2) is 14.8 Å². The van der Waals surface area contributed by atoms with Crippen molar-refractivity contribution in [1.82, 2.24) is 14.4 Å². The summed E-state index contributed by atoms with van der Waals surface area (Å²) in [5.74, 6) is 0.522. The largest absolute Gasteiger partial charge is 0.455 e. The first-order valence-electron chi connectivity index (χ1n) is 10.0. The molecule has 0 saturated carbocycles. The molecular formula is C23H18N4O5S. The number of esters is 1. The lowest BCUT2D eigenvalue weighted by Gasteiger charge is -2.09. The normalized spacial score (nSPS) is 12.0. The fourth-order valence-electron chi connectivity index (χ4n) is 3.24. The Kier molecular flexibility index (Phi) is 5.81. The van der Waals surface area contributed by atoms with Crippen LogP contribution in [0.5, 0.6) is 11.5 Å². The first kappa shape index (κ1) is 20.8. The summed E-state index contributed by atoms with van der Waals surface area (Å²) in [5, 5.41) is 3.22. The SMILES string of the molecule is O=C(CSc1ncccc1C(=O)OCc1cn2ccccc2n1)Nc1ccc2c(c1)OCO2. The lowest BCUT2D eigenvalue weighted by atomic mass is 10.3. The van der Waals surface area contributed by atoms with E-state index >= 15 is 0 Å². The number of carbonyl (C=O) groups is 2. The molecule has 5 rings (SSSR count). The van der Waals surface area contributed by atoms with E-state index in [-0.39, 0.29) is 25.1 Å². The third-order valence-electron chi connectivity index (χ3n) is 4.75. The van der Waals surface area contributed by atoms with Gasteiger partial charge < -0.3 is 23.9 Å². The van der Waals surface area contributed by atoms with Crippen LogP contribution in [0.3, 0.4) is 0 Å². The molecule has 10 heteroatoms. The molecular weight excluding hydrogens is 444 g/mol. The van der Waals surface area contributed by atoms with E-state index in [0.29, 0.717) is 33.5 Å². The van der Waals surface area contributed by atoms with Gasteiger partial charge in [-0.3, -0.25) is 4.79 Å². The number of hydrogen-bond donors (Lipinski definition) is 1. The smallest absolute Gasteiger partial charge is 0.341 e. The molecule has 0 radical (unpaired) electrons. The molecule has 1 N–H and O–H groups in total. The number of imidazole rings is 1. The van der Waals surface area contributed by atoms with Crippen molar-refractivity contribution in [1.29, 1.82) is 0 Å². The van der Waals surface area contributed by atoms with Crippen molar-refractivity contribution in [3.8, 4) is 11.5 Å². The topological polar surface area (TPSA) is 104 Å². The van der Waals surface area contributed by atoms with Gasteiger partial charge in [0.2, 0.25) is 12.7 Å². The summed E-state index contributed by atoms with van der Waals surface area (Å²) in [4.78, 5) is 33.7. The van der Waals surface area contributed by atoms with E-state index in [0.717, 1.165) is 17.4 Å². The van der Waals surface area contributed by atoms with Crippen molar-refractivity contribution in [2.75, 3.05) is 17.9 Å². The van der Waals surface area contributed by atoms with E-state index in [2.05, 4.69) is 15.3 Å². The van der Waals surface area contributed by atoms with Crippen LogP contribution in [-0.4, -0.2) is 38.8 Å². The first-order chi connectivity index (χ1) is 16.2. The number of anilines is 1. The maximum absolute atomic E-state index is 12.7. The van der Waals surface area contributed by atoms with Crippen molar-refractivity contribution in [2.24, 2.45) is 0 Å². The number of carbonyl (C=O) groups excluding carboxylic acids is 2. The molecule has 33 heavy (non-hydrogen) atoms. The van der Waals surface area contributed by atoms with Crippen LogP contribution in [0.15, 0.2) is 72.1 Å². The fourth-order valence-corrected chi connectivity index (χ4v) is 4.02. The summed E-state index contributed by atoms with van der Waals surface area (Å²) in [5.41, 5.74) is 2.30. The molecule has 1 amide bonds. The number of nitrogens with one attached hydrogen (secondary N) is 1. The van der Waals surface area contributed by atoms with Gasteiger partial charge in [-0.1, -0.05) is 17.8 Å². The van der Waals surface area contributed by atoms with Gasteiger partial charge in [-0.05, 0) is 36.4 Å². The highest BCUT2D eigenvalue weighted by Gasteiger charge is 2.17. The van der Waals surface area contributed by atoms with Crippen molar-refractivity contribution in [3.63, 3.8) is 0 Å². The molecule has 9 nitrogen and oxygen atoms in total. The third kappa shape index (κ3) is 4.75. The summed E-state index contributed by atoms with van der Waals surface area (Å²) < 4.78 is 17.9. The van der Waals surface area contributed by atoms with Gasteiger partial charge in [0, 0.05) is 30.3 Å². The molecule has 4 aromatic rings. The second-order valence-electron chi connectivity index (χ2n) is 7.04. The maximum Gasteiger partial charge on any atom is 0.341 e. The molecule has 4 heterocycles. The molecule has 0 aliphatic carbocycles. The summed E-state index contributed by atoms with van der Waals surface area (Å²) in [6, 6.07) is 14.1. The Hall–Kier alpha value is -4.05. The van der Waals surface area contributed by atoms with E-state index in [1.165, 1.54) is 0 Å². The highest BCUT2D eigenvalue weighted by Crippen LogP contribution is 2.34. The van der Waals surface area contributed by atoms with Gasteiger partial charge in [0.15, 0.2) is 11.5 Å². The van der Waals surface area contributed by atoms with Crippen LogP contribution in [-0.2, 0) is 16.1 Å². The van der Waals surface area contributed by atoms with Gasteiger partial charge in [-0.2, -0.15) is 0 Å². The summed E-state index contributed by atoms with van der Waals surface area (Å²) in [7, 11) is 0. The Morgan fingerprint density at radius 3 is 2.94 bits per heavy atom. The number of amides is 1. The Bertz CT molecular complexity index is 1310. The monoisotopic (exact) mass is 462 g/mol. The average Bonchev–Trinajstić information content (AvgIpc) is 3.47. The number of fused-ring (bicyclic) bond motifs is 2. The number of nitrogens with zero attached hydrogens (tertiary/aromatic N) is 3. The van der Waals surface area contributed by atoms with Gasteiger partial charge in [0.05, 0.1) is 17.0 Å². The van der Waals surface area contributed by atoms with Crippen molar-refractivity contribution in [2.45, 2.75) is 11.6 Å². The summed E-state index contributed by atoms with van der Waals surface area (Å²) in [6.07, 6.45) is 5.25. The molecule has 0 spiro atoms. The van der Waals surface area contributed by atoms with Crippen LogP contribution in [0, 0.1) is 0 Å². The second kappa shape index (κ2) is 9.21. The molecule has 0 atom stereocenters. The van der Waals surface area contributed by atoms with Crippen LogP contribution < -0.4 is 14.8 Å². The Labute approximate surface area is 192 Å². The minimum atomic E-state index is -0.529. The van der Waals surface area contributed by atoms with Crippen LogP contribution in [0.2, 0.25) is 0 Å². The van der Waals surface area contributed by atoms with Gasteiger partial charge in [-0.15, -0.1) is 0 Å². The van der Waals surface area contributed by atoms with Crippen molar-refractivity contribution < 1.29 is 23.8 Å². The molecule has 0 saturated heterocycles. The number of thioether (sulfide) groups is 1. The zero-order valence-corrected chi connectivity index (χ0v) is 18.1. The lowest BCUT2D eigenvalue weighted by Crippen LogP contribution is -2.15. The Morgan fingerprint density at radius 2 is 2.03 bits per heavy atom. The molecule has 0 fully saturated rings. The number of ether oxygens (including phenoxy) is 3. The standard InChI is InChI=1S/C23H18N4O5S/c28-21(26-15-6-7-18-19(10-15)32-14-31-18)13-33-22-17(4-3-8-24-22)23(29)30-12-16-11-27-9-2-1-5-20(27)25-16/h1-11H,12-14H2,(H,26,28). The van der Waals surface area contributed by atoms with E-state index in [4.69, 9.17) is 14.2 Å². The zero-order valence-electron chi connectivity index (χ0n) is 17.3. The Morgan fingerprint density at radius 1 is 1.12 bits per heavy atom. The predicted molar refractivity (Wildman–Crippen MR) is 120 cm³/mol. The Balaban J connectivity index is 1.19. The van der Waals surface area contributed by atoms with Crippen LogP contribution in [0.25, 0.3) is 5.65 Å². The maximum atomic E-state index is 12.7. The summed E-state index contributed by atoms with van der Waals surface area (Å²) in [6.45, 7) is 0.197. The minimum absolute atomic E-state index is 0.0319. The number of rotatable bonds is 7. The lowest BCUT2D eigenvalue weighted by molar-refractivity contribution is -0.113. The fraction of sp³-hybridized carbons (Fsp3) is 0.130. The molecule has 1 aromatic carbocycles. The number of aromatic nitrogens is 3. The number of hydrogen-bond acceptors (Lipinski definition) is 8. The third-order valence-corrected chi connectivity index (χ3v) is 5.76. The second-order valence-corrected chi connectivity index (χ2v) is 8.00. The van der Waals surface area contributed by atoms with Gasteiger partial charge in [0.25, 0.3) is 0 Å². The highest BCUT2D eigenvalue weighted by molar-refractivity contribution is 8.00. The minimum Gasteiger partial charge on any atom is -0.455 e. The first-order valence-corrected chi connectivity index (χ1v) is 11.0. The summed E-state index contributed by atoms with van der Waals surface area (Å²) >= 11 is 1.15.